The first-order valence-electron chi connectivity index (χ1n) is 8.80. The number of rotatable bonds is 2. The molecule has 0 saturated carbocycles. The minimum absolute atomic E-state index is 0.476. The Hall–Kier alpha value is -2.87. The number of hydrogen-bond donors (Lipinski definition) is 0. The zero-order valence-electron chi connectivity index (χ0n) is 14.8. The van der Waals surface area contributed by atoms with Crippen molar-refractivity contribution >= 4 is 37.5 Å². The van der Waals surface area contributed by atoms with Crippen LogP contribution in [0.15, 0.2) is 95.8 Å². The summed E-state index contributed by atoms with van der Waals surface area (Å²) in [5.41, 5.74) is 1.34. The lowest BCUT2D eigenvalue weighted by Gasteiger charge is -2.42. The third-order valence-corrected chi connectivity index (χ3v) is 10.4. The average molecular weight is 406 g/mol. The summed E-state index contributed by atoms with van der Waals surface area (Å²) in [6.07, 6.45) is 3.28. The molecule has 7 heteroatoms. The highest BCUT2D eigenvalue weighted by molar-refractivity contribution is 7.82. The van der Waals surface area contributed by atoms with Crippen LogP contribution in [-0.4, -0.2) is 10.7 Å². The average Bonchev–Trinajstić information content (AvgIpc) is 2.75. The molecule has 138 valence electrons. The number of allylic oxidation sites excluding steroid dienone is 1. The maximum atomic E-state index is 14.4. The van der Waals surface area contributed by atoms with Gasteiger partial charge in [0.25, 0.3) is 0 Å². The van der Waals surface area contributed by atoms with Crippen LogP contribution in [0.25, 0.3) is 5.70 Å². The van der Waals surface area contributed by atoms with E-state index in [2.05, 4.69) is 4.76 Å². The van der Waals surface area contributed by atoms with Gasteiger partial charge < -0.3 is 4.52 Å². The van der Waals surface area contributed by atoms with Gasteiger partial charge in [0.15, 0.2) is 0 Å². The first-order valence-corrected chi connectivity index (χ1v) is 12.0. The molecule has 5 nitrogen and oxygen atoms in total. The summed E-state index contributed by atoms with van der Waals surface area (Å²) < 4.78 is 40.5. The molecular weight excluding hydrogens is 390 g/mol. The number of para-hydroxylation sites is 1. The van der Waals surface area contributed by atoms with Gasteiger partial charge in [0.2, 0.25) is 0 Å². The van der Waals surface area contributed by atoms with Crippen LogP contribution in [0.3, 0.4) is 0 Å². The van der Waals surface area contributed by atoms with E-state index in [0.29, 0.717) is 22.1 Å². The van der Waals surface area contributed by atoms with E-state index in [1.165, 1.54) is 10.7 Å². The first-order chi connectivity index (χ1) is 13.6. The smallest absolute Gasteiger partial charge is 0.381 e. The zero-order chi connectivity index (χ0) is 19.2. The summed E-state index contributed by atoms with van der Waals surface area (Å²) >= 11 is 0. The van der Waals surface area contributed by atoms with E-state index in [-0.39, 0.29) is 0 Å². The Morgan fingerprint density at radius 2 is 1.36 bits per heavy atom. The summed E-state index contributed by atoms with van der Waals surface area (Å²) in [5.74, 6) is 0.507. The van der Waals surface area contributed by atoms with E-state index in [0.717, 1.165) is 5.56 Å². The van der Waals surface area contributed by atoms with Gasteiger partial charge in [-0.15, -0.1) is 0 Å². The predicted octanol–water partition coefficient (Wildman–Crippen LogP) is 4.84. The molecular formula is C21H16N2O3P2. The van der Waals surface area contributed by atoms with Crippen LogP contribution in [0.5, 0.6) is 5.75 Å². The molecule has 0 saturated heterocycles. The summed E-state index contributed by atoms with van der Waals surface area (Å²) in [6, 6.07) is 25.2. The molecule has 0 amide bonds. The third kappa shape index (κ3) is 2.44. The van der Waals surface area contributed by atoms with Crippen molar-refractivity contribution in [2.75, 3.05) is 0 Å². The van der Waals surface area contributed by atoms with Crippen molar-refractivity contribution in [3.8, 4) is 5.75 Å². The number of hydrogen-bond acceptors (Lipinski definition) is 3. The third-order valence-electron chi connectivity index (χ3n) is 4.74. The summed E-state index contributed by atoms with van der Waals surface area (Å²) in [5, 5.41) is 0.986. The van der Waals surface area contributed by atoms with E-state index >= 15 is 0 Å². The van der Waals surface area contributed by atoms with Crippen molar-refractivity contribution in [2.45, 2.75) is 0 Å². The standard InChI is InChI=1S/C21H16N2O3P2/c24-27(17-9-3-1-4-10-17)22-16-15-20-19-13-7-8-14-21(19)26-28(25,23(20)27)18-11-5-2-6-12-18/h1-16H. The second kappa shape index (κ2) is 6.34. The van der Waals surface area contributed by atoms with Crippen LogP contribution in [0.4, 0.5) is 0 Å². The predicted molar refractivity (Wildman–Crippen MR) is 113 cm³/mol. The van der Waals surface area contributed by atoms with Crippen molar-refractivity contribution in [1.29, 1.82) is 0 Å². The number of fused-ring (bicyclic) bond motifs is 3. The molecule has 0 spiro atoms. The van der Waals surface area contributed by atoms with Crippen molar-refractivity contribution in [3.63, 3.8) is 0 Å². The number of nitrogens with zero attached hydrogens (tertiary/aromatic N) is 2. The molecule has 0 aromatic heterocycles. The first kappa shape index (κ1) is 17.2. The Bertz CT molecular complexity index is 1210. The van der Waals surface area contributed by atoms with Gasteiger partial charge in [-0.3, -0.25) is 4.57 Å². The van der Waals surface area contributed by atoms with Crippen molar-refractivity contribution < 1.29 is 13.7 Å². The zero-order valence-corrected chi connectivity index (χ0v) is 16.5. The molecule has 2 unspecified atom stereocenters. The molecule has 0 N–H and O–H groups in total. The van der Waals surface area contributed by atoms with Gasteiger partial charge in [0.1, 0.15) is 5.75 Å². The molecule has 2 aliphatic rings. The molecule has 2 aliphatic heterocycles. The van der Waals surface area contributed by atoms with Gasteiger partial charge >= 0.3 is 15.0 Å². The summed E-state index contributed by atoms with van der Waals surface area (Å²) in [4.78, 5) is 0. The van der Waals surface area contributed by atoms with Gasteiger partial charge in [-0.2, -0.15) is 0 Å². The maximum absolute atomic E-state index is 14.4. The maximum Gasteiger partial charge on any atom is 0.381 e. The van der Waals surface area contributed by atoms with Crippen molar-refractivity contribution in [1.82, 2.24) is 4.44 Å². The molecule has 28 heavy (non-hydrogen) atoms. The van der Waals surface area contributed by atoms with Gasteiger partial charge in [-0.25, -0.2) is 13.8 Å². The van der Waals surface area contributed by atoms with E-state index in [1.807, 2.05) is 30.3 Å². The fourth-order valence-corrected chi connectivity index (χ4v) is 9.16. The lowest BCUT2D eigenvalue weighted by Crippen LogP contribution is -2.33. The summed E-state index contributed by atoms with van der Waals surface area (Å²) in [6.45, 7) is 0. The minimum atomic E-state index is -3.73. The fourth-order valence-electron chi connectivity index (χ4n) is 3.46. The Morgan fingerprint density at radius 3 is 2.07 bits per heavy atom. The van der Waals surface area contributed by atoms with E-state index < -0.39 is 15.0 Å². The van der Waals surface area contributed by atoms with Crippen LogP contribution in [0.2, 0.25) is 0 Å². The van der Waals surface area contributed by atoms with E-state index in [4.69, 9.17) is 4.52 Å². The largest absolute Gasteiger partial charge is 0.425 e. The van der Waals surface area contributed by atoms with E-state index in [1.54, 1.807) is 60.7 Å². The molecule has 0 bridgehead atoms. The summed E-state index contributed by atoms with van der Waals surface area (Å²) in [7, 11) is -7.32. The highest BCUT2D eigenvalue weighted by Crippen LogP contribution is 2.73. The molecule has 3 aromatic rings. The molecule has 0 fully saturated rings. The quantitative estimate of drug-likeness (QED) is 0.572. The van der Waals surface area contributed by atoms with Crippen LogP contribution in [0, 0.1) is 0 Å². The van der Waals surface area contributed by atoms with E-state index in [9.17, 15) is 9.13 Å². The Balaban J connectivity index is 1.82. The SMILES string of the molecule is O=P1(c2ccccc2)N=CC=C2c3ccccc3OP(=O)(c3ccccc3)N21. The Labute approximate surface area is 163 Å². The molecule has 0 aliphatic carbocycles. The fraction of sp³-hybridized carbons (Fsp3) is 0. The molecule has 5 rings (SSSR count). The van der Waals surface area contributed by atoms with Crippen molar-refractivity contribution in [2.24, 2.45) is 4.76 Å². The Morgan fingerprint density at radius 1 is 0.750 bits per heavy atom. The van der Waals surface area contributed by atoms with Crippen LogP contribution in [-0.2, 0) is 9.13 Å². The molecule has 3 aromatic carbocycles. The molecule has 2 heterocycles. The topological polar surface area (TPSA) is 59.0 Å². The number of benzene rings is 3. The second-order valence-corrected chi connectivity index (χ2v) is 11.1. The van der Waals surface area contributed by atoms with Gasteiger partial charge in [-0.1, -0.05) is 48.5 Å². The lowest BCUT2D eigenvalue weighted by molar-refractivity contribution is 0.450. The van der Waals surface area contributed by atoms with Crippen molar-refractivity contribution in [3.05, 3.63) is 96.6 Å². The van der Waals surface area contributed by atoms with Gasteiger partial charge in [0.05, 0.1) is 16.3 Å². The molecule has 2 atom stereocenters. The second-order valence-electron chi connectivity index (χ2n) is 6.43. The van der Waals surface area contributed by atoms with Gasteiger partial charge in [-0.05, 0) is 42.5 Å². The monoisotopic (exact) mass is 406 g/mol. The van der Waals surface area contributed by atoms with Gasteiger partial charge in [0, 0.05) is 11.8 Å². The normalized spacial score (nSPS) is 25.3. The lowest BCUT2D eigenvalue weighted by atomic mass is 10.1. The van der Waals surface area contributed by atoms with Crippen LogP contribution >= 0.6 is 15.0 Å². The minimum Gasteiger partial charge on any atom is -0.425 e. The molecule has 0 radical (unpaired) electrons. The van der Waals surface area contributed by atoms with Crippen LogP contribution in [0.1, 0.15) is 5.56 Å². The Kier molecular flexibility index (Phi) is 3.90. The van der Waals surface area contributed by atoms with Crippen LogP contribution < -0.4 is 15.1 Å². The highest BCUT2D eigenvalue weighted by Gasteiger charge is 2.52. The highest BCUT2D eigenvalue weighted by atomic mass is 31.2.